The van der Waals surface area contributed by atoms with E-state index >= 15 is 0 Å². The minimum atomic E-state index is -0.558. The average molecular weight is 304 g/mol. The second-order valence-corrected chi connectivity index (χ2v) is 6.40. The summed E-state index contributed by atoms with van der Waals surface area (Å²) >= 11 is 0. The fourth-order valence-corrected chi connectivity index (χ4v) is 2.58. The van der Waals surface area contributed by atoms with Gasteiger partial charge in [-0.2, -0.15) is 5.26 Å². The smallest absolute Gasteiger partial charge is 0.223 e. The van der Waals surface area contributed by atoms with Gasteiger partial charge in [0, 0.05) is 19.0 Å². The van der Waals surface area contributed by atoms with Crippen molar-refractivity contribution in [2.45, 2.75) is 27.2 Å². The standard InChI is InChI=1S/C17H21FN2O2/c1-12(2)17(3)9-16(21)20(11-17)6-7-22-14-4-5-15(18)13(8-14)10-19/h4-5,8,12H,6-7,9,11H2,1-3H3/t17-/m1/s1. The van der Waals surface area contributed by atoms with Gasteiger partial charge in [-0.15, -0.1) is 0 Å². The number of carbonyl (C=O) groups excluding carboxylic acids is 1. The van der Waals surface area contributed by atoms with E-state index in [0.29, 0.717) is 31.2 Å². The van der Waals surface area contributed by atoms with E-state index in [9.17, 15) is 9.18 Å². The Morgan fingerprint density at radius 2 is 2.23 bits per heavy atom. The Morgan fingerprint density at radius 1 is 1.50 bits per heavy atom. The van der Waals surface area contributed by atoms with Gasteiger partial charge >= 0.3 is 0 Å². The number of halogens is 1. The summed E-state index contributed by atoms with van der Waals surface area (Å²) in [5, 5.41) is 8.79. The van der Waals surface area contributed by atoms with Crippen LogP contribution in [0.15, 0.2) is 18.2 Å². The van der Waals surface area contributed by atoms with E-state index in [2.05, 4.69) is 20.8 Å². The van der Waals surface area contributed by atoms with Gasteiger partial charge in [0.15, 0.2) is 0 Å². The third kappa shape index (κ3) is 3.38. The third-order valence-electron chi connectivity index (χ3n) is 4.54. The van der Waals surface area contributed by atoms with Crippen molar-refractivity contribution < 1.29 is 13.9 Å². The van der Waals surface area contributed by atoms with E-state index in [1.165, 1.54) is 18.2 Å². The molecule has 0 saturated carbocycles. The number of rotatable bonds is 5. The molecule has 0 unspecified atom stereocenters. The first kappa shape index (κ1) is 16.3. The van der Waals surface area contributed by atoms with Crippen molar-refractivity contribution in [3.05, 3.63) is 29.6 Å². The van der Waals surface area contributed by atoms with Crippen LogP contribution in [0.1, 0.15) is 32.8 Å². The summed E-state index contributed by atoms with van der Waals surface area (Å²) in [4.78, 5) is 13.9. The molecular weight excluding hydrogens is 283 g/mol. The second-order valence-electron chi connectivity index (χ2n) is 6.40. The van der Waals surface area contributed by atoms with Gasteiger partial charge in [-0.3, -0.25) is 4.79 Å². The van der Waals surface area contributed by atoms with Crippen LogP contribution in [-0.4, -0.2) is 30.5 Å². The number of ether oxygens (including phenoxy) is 1. The normalized spacial score (nSPS) is 21.3. The molecule has 1 heterocycles. The highest BCUT2D eigenvalue weighted by Crippen LogP contribution is 2.37. The van der Waals surface area contributed by atoms with Crippen molar-refractivity contribution in [2.75, 3.05) is 19.7 Å². The lowest BCUT2D eigenvalue weighted by atomic mass is 9.78. The molecule has 22 heavy (non-hydrogen) atoms. The molecule has 0 bridgehead atoms. The van der Waals surface area contributed by atoms with Gasteiger partial charge in [-0.25, -0.2) is 4.39 Å². The zero-order valence-corrected chi connectivity index (χ0v) is 13.2. The molecule has 5 heteroatoms. The molecule has 0 N–H and O–H groups in total. The fourth-order valence-electron chi connectivity index (χ4n) is 2.58. The number of amides is 1. The zero-order chi connectivity index (χ0) is 16.3. The summed E-state index contributed by atoms with van der Waals surface area (Å²) in [6.07, 6.45) is 0.569. The van der Waals surface area contributed by atoms with E-state index in [4.69, 9.17) is 10.00 Å². The van der Waals surface area contributed by atoms with Gasteiger partial charge in [-0.1, -0.05) is 20.8 Å². The monoisotopic (exact) mass is 304 g/mol. The topological polar surface area (TPSA) is 53.3 Å². The molecule has 2 rings (SSSR count). The molecule has 1 fully saturated rings. The van der Waals surface area contributed by atoms with Gasteiger partial charge in [0.1, 0.15) is 24.2 Å². The highest BCUT2D eigenvalue weighted by atomic mass is 19.1. The largest absolute Gasteiger partial charge is 0.492 e. The molecule has 1 atom stereocenters. The van der Waals surface area contributed by atoms with Crippen LogP contribution in [0, 0.1) is 28.5 Å². The number of benzene rings is 1. The molecule has 0 radical (unpaired) electrons. The van der Waals surface area contributed by atoms with E-state index in [-0.39, 0.29) is 16.9 Å². The summed E-state index contributed by atoms with van der Waals surface area (Å²) in [6, 6.07) is 5.85. The molecule has 0 aliphatic carbocycles. The van der Waals surface area contributed by atoms with Crippen molar-refractivity contribution in [2.24, 2.45) is 11.3 Å². The maximum Gasteiger partial charge on any atom is 0.223 e. The number of hydrogen-bond acceptors (Lipinski definition) is 3. The van der Waals surface area contributed by atoms with E-state index in [1.807, 2.05) is 4.90 Å². The quantitative estimate of drug-likeness (QED) is 0.840. The minimum absolute atomic E-state index is 0.0148. The number of nitriles is 1. The first-order valence-electron chi connectivity index (χ1n) is 7.46. The van der Waals surface area contributed by atoms with Gasteiger partial charge in [0.2, 0.25) is 5.91 Å². The van der Waals surface area contributed by atoms with Crippen molar-refractivity contribution in [3.63, 3.8) is 0 Å². The molecule has 1 saturated heterocycles. The number of nitrogens with zero attached hydrogens (tertiary/aromatic N) is 2. The Hall–Kier alpha value is -2.09. The molecular formula is C17H21FN2O2. The van der Waals surface area contributed by atoms with E-state index < -0.39 is 5.82 Å². The number of likely N-dealkylation sites (tertiary alicyclic amines) is 1. The minimum Gasteiger partial charge on any atom is -0.492 e. The van der Waals surface area contributed by atoms with Crippen LogP contribution in [0.5, 0.6) is 5.75 Å². The molecule has 1 aromatic rings. The number of hydrogen-bond donors (Lipinski definition) is 0. The second kappa shape index (κ2) is 6.35. The first-order chi connectivity index (χ1) is 10.4. The summed E-state index contributed by atoms with van der Waals surface area (Å²) < 4.78 is 18.7. The van der Waals surface area contributed by atoms with Crippen LogP contribution >= 0.6 is 0 Å². The van der Waals surface area contributed by atoms with E-state index in [1.54, 1.807) is 6.07 Å². The lowest BCUT2D eigenvalue weighted by Crippen LogP contribution is -2.32. The lowest BCUT2D eigenvalue weighted by Gasteiger charge is -2.28. The first-order valence-corrected chi connectivity index (χ1v) is 7.46. The maximum absolute atomic E-state index is 13.2. The van der Waals surface area contributed by atoms with Crippen LogP contribution in [0.3, 0.4) is 0 Å². The summed E-state index contributed by atoms with van der Waals surface area (Å²) in [5.74, 6) is 0.475. The van der Waals surface area contributed by atoms with Gasteiger partial charge < -0.3 is 9.64 Å². The third-order valence-corrected chi connectivity index (χ3v) is 4.54. The van der Waals surface area contributed by atoms with Crippen LogP contribution in [0.2, 0.25) is 0 Å². The Labute approximate surface area is 130 Å². The van der Waals surface area contributed by atoms with Gasteiger partial charge in [0.25, 0.3) is 0 Å². The fraction of sp³-hybridized carbons (Fsp3) is 0.529. The maximum atomic E-state index is 13.2. The predicted octanol–water partition coefficient (Wildman–Crippen LogP) is 2.97. The van der Waals surface area contributed by atoms with Crippen LogP contribution < -0.4 is 4.74 Å². The molecule has 1 aliphatic heterocycles. The van der Waals surface area contributed by atoms with Crippen LogP contribution in [0.25, 0.3) is 0 Å². The average Bonchev–Trinajstić information content (AvgIpc) is 2.77. The molecule has 1 aliphatic rings. The molecule has 118 valence electrons. The van der Waals surface area contributed by atoms with E-state index in [0.717, 1.165) is 6.54 Å². The summed E-state index contributed by atoms with van der Waals surface area (Å²) in [5.41, 5.74) is -0.0249. The Kier molecular flexibility index (Phi) is 4.70. The number of carbonyl (C=O) groups is 1. The van der Waals surface area contributed by atoms with Crippen molar-refractivity contribution >= 4 is 5.91 Å². The lowest BCUT2D eigenvalue weighted by molar-refractivity contribution is -0.128. The van der Waals surface area contributed by atoms with Gasteiger partial charge in [0.05, 0.1) is 12.1 Å². The van der Waals surface area contributed by atoms with Gasteiger partial charge in [-0.05, 0) is 23.5 Å². The molecule has 1 amide bonds. The van der Waals surface area contributed by atoms with Crippen molar-refractivity contribution in [1.82, 2.24) is 4.90 Å². The summed E-state index contributed by atoms with van der Waals surface area (Å²) in [6.45, 7) is 7.97. The summed E-state index contributed by atoms with van der Waals surface area (Å²) in [7, 11) is 0. The van der Waals surface area contributed by atoms with Crippen LogP contribution in [0.4, 0.5) is 4.39 Å². The molecule has 4 nitrogen and oxygen atoms in total. The SMILES string of the molecule is CC(C)[C@]1(C)CC(=O)N(CCOc2ccc(F)c(C#N)c2)C1. The highest BCUT2D eigenvalue weighted by Gasteiger charge is 2.41. The highest BCUT2D eigenvalue weighted by molar-refractivity contribution is 5.79. The molecule has 1 aromatic carbocycles. The predicted molar refractivity (Wildman–Crippen MR) is 80.8 cm³/mol. The van der Waals surface area contributed by atoms with Crippen molar-refractivity contribution in [3.8, 4) is 11.8 Å². The van der Waals surface area contributed by atoms with Crippen LogP contribution in [-0.2, 0) is 4.79 Å². The molecule has 0 aromatic heterocycles. The Morgan fingerprint density at radius 3 is 2.82 bits per heavy atom. The van der Waals surface area contributed by atoms with Crippen molar-refractivity contribution in [1.29, 1.82) is 5.26 Å². The zero-order valence-electron chi connectivity index (χ0n) is 13.2. The Bertz CT molecular complexity index is 609. The molecule has 0 spiro atoms. The Balaban J connectivity index is 1.90.